The molecule has 0 aromatic heterocycles. The first-order chi connectivity index (χ1) is 10.5. The second kappa shape index (κ2) is 4.80. The Balaban J connectivity index is 1.64. The normalized spacial score (nSPS) is 25.6. The molecule has 2 fully saturated rings. The van der Waals surface area contributed by atoms with Crippen molar-refractivity contribution >= 4 is 21.4 Å². The van der Waals surface area contributed by atoms with Crippen molar-refractivity contribution in [3.8, 4) is 0 Å². The molecule has 1 spiro atoms. The van der Waals surface area contributed by atoms with Crippen LogP contribution in [0.2, 0.25) is 0 Å². The van der Waals surface area contributed by atoms with Crippen molar-refractivity contribution in [2.45, 2.75) is 30.6 Å². The molecule has 0 bridgehead atoms. The standard InChI is InChI=1S/C16H20N2O3S/c19-15-10-16(4-6-17-7-5-16)11-18(15)13-1-2-14-12(9-13)3-8-22(14,20)21/h1-2,9,17H,3-8,10-11H2. The number of benzene rings is 1. The van der Waals surface area contributed by atoms with E-state index in [0.29, 0.717) is 17.7 Å². The lowest BCUT2D eigenvalue weighted by atomic mass is 9.78. The van der Waals surface area contributed by atoms with Gasteiger partial charge in [-0.1, -0.05) is 0 Å². The lowest BCUT2D eigenvalue weighted by Gasteiger charge is -2.33. The number of piperidine rings is 1. The zero-order valence-electron chi connectivity index (χ0n) is 12.5. The largest absolute Gasteiger partial charge is 0.317 e. The minimum atomic E-state index is -3.10. The van der Waals surface area contributed by atoms with E-state index in [2.05, 4.69) is 5.32 Å². The highest BCUT2D eigenvalue weighted by molar-refractivity contribution is 7.91. The zero-order chi connectivity index (χ0) is 15.4. The average Bonchev–Trinajstić information content (AvgIpc) is 2.97. The van der Waals surface area contributed by atoms with Crippen molar-refractivity contribution in [3.63, 3.8) is 0 Å². The highest BCUT2D eigenvalue weighted by Crippen LogP contribution is 2.42. The smallest absolute Gasteiger partial charge is 0.227 e. The third-order valence-corrected chi connectivity index (χ3v) is 7.13. The molecule has 1 amide bonds. The molecule has 3 heterocycles. The quantitative estimate of drug-likeness (QED) is 0.842. The van der Waals surface area contributed by atoms with E-state index < -0.39 is 9.84 Å². The number of carbonyl (C=O) groups excluding carboxylic acids is 1. The van der Waals surface area contributed by atoms with Gasteiger partial charge in [-0.2, -0.15) is 0 Å². The van der Waals surface area contributed by atoms with E-state index in [1.165, 1.54) is 0 Å². The Morgan fingerprint density at radius 2 is 1.95 bits per heavy atom. The van der Waals surface area contributed by atoms with Crippen molar-refractivity contribution < 1.29 is 13.2 Å². The molecule has 3 aliphatic heterocycles. The molecule has 4 rings (SSSR count). The Kier molecular flexibility index (Phi) is 3.10. The third-order valence-electron chi connectivity index (χ3n) is 5.32. The zero-order valence-corrected chi connectivity index (χ0v) is 13.3. The molecule has 0 saturated carbocycles. The van der Waals surface area contributed by atoms with E-state index in [0.717, 1.165) is 43.7 Å². The fraction of sp³-hybridized carbons (Fsp3) is 0.562. The molecule has 0 aliphatic carbocycles. The summed E-state index contributed by atoms with van der Waals surface area (Å²) in [6, 6.07) is 5.37. The summed E-state index contributed by atoms with van der Waals surface area (Å²) >= 11 is 0. The van der Waals surface area contributed by atoms with Crippen LogP contribution in [0.3, 0.4) is 0 Å². The number of nitrogens with zero attached hydrogens (tertiary/aromatic N) is 1. The second-order valence-electron chi connectivity index (χ2n) is 6.77. The van der Waals surface area contributed by atoms with Crippen LogP contribution in [0.15, 0.2) is 23.1 Å². The predicted octanol–water partition coefficient (Wildman–Crippen LogP) is 1.12. The summed E-state index contributed by atoms with van der Waals surface area (Å²) in [5, 5.41) is 3.35. The van der Waals surface area contributed by atoms with Gasteiger partial charge in [-0.3, -0.25) is 4.79 Å². The number of hydrogen-bond donors (Lipinski definition) is 1. The van der Waals surface area contributed by atoms with E-state index in [4.69, 9.17) is 0 Å². The first-order valence-corrected chi connectivity index (χ1v) is 9.51. The van der Waals surface area contributed by atoms with Gasteiger partial charge in [-0.05, 0) is 61.5 Å². The highest BCUT2D eigenvalue weighted by Gasteiger charge is 2.44. The maximum absolute atomic E-state index is 12.5. The molecule has 0 atom stereocenters. The van der Waals surface area contributed by atoms with Gasteiger partial charge in [0.25, 0.3) is 0 Å². The molecule has 22 heavy (non-hydrogen) atoms. The number of fused-ring (bicyclic) bond motifs is 1. The summed E-state index contributed by atoms with van der Waals surface area (Å²) in [6.07, 6.45) is 3.25. The Morgan fingerprint density at radius 3 is 2.73 bits per heavy atom. The number of anilines is 1. The Hall–Kier alpha value is -1.40. The Morgan fingerprint density at radius 1 is 1.18 bits per heavy atom. The van der Waals surface area contributed by atoms with Crippen molar-refractivity contribution in [3.05, 3.63) is 23.8 Å². The molecule has 2 saturated heterocycles. The molecule has 6 heteroatoms. The summed E-state index contributed by atoms with van der Waals surface area (Å²) in [5.41, 5.74) is 1.82. The molecule has 1 N–H and O–H groups in total. The average molecular weight is 320 g/mol. The van der Waals surface area contributed by atoms with E-state index in [1.54, 1.807) is 12.1 Å². The Labute approximate surface area is 130 Å². The van der Waals surface area contributed by atoms with Crippen LogP contribution in [0.4, 0.5) is 5.69 Å². The van der Waals surface area contributed by atoms with Crippen LogP contribution in [0.25, 0.3) is 0 Å². The number of carbonyl (C=O) groups is 1. The summed E-state index contributed by atoms with van der Waals surface area (Å²) in [6.45, 7) is 2.71. The number of aryl methyl sites for hydroxylation is 1. The Bertz CT molecular complexity index is 736. The molecule has 1 aromatic carbocycles. The molecule has 1 aromatic rings. The van der Waals surface area contributed by atoms with Gasteiger partial charge in [0.2, 0.25) is 5.91 Å². The summed E-state index contributed by atoms with van der Waals surface area (Å²) < 4.78 is 23.8. The van der Waals surface area contributed by atoms with E-state index in [1.807, 2.05) is 11.0 Å². The summed E-state index contributed by atoms with van der Waals surface area (Å²) in [7, 11) is -3.10. The number of hydrogen-bond acceptors (Lipinski definition) is 4. The van der Waals surface area contributed by atoms with Crippen LogP contribution in [0.1, 0.15) is 24.8 Å². The lowest BCUT2D eigenvalue weighted by molar-refractivity contribution is -0.117. The first-order valence-electron chi connectivity index (χ1n) is 7.86. The molecular weight excluding hydrogens is 300 g/mol. The third kappa shape index (κ3) is 2.16. The van der Waals surface area contributed by atoms with Crippen molar-refractivity contribution in [2.75, 3.05) is 30.3 Å². The minimum Gasteiger partial charge on any atom is -0.317 e. The molecule has 118 valence electrons. The number of amides is 1. The highest BCUT2D eigenvalue weighted by atomic mass is 32.2. The molecule has 0 radical (unpaired) electrons. The SMILES string of the molecule is O=C1CC2(CCNCC2)CN1c1ccc2c(c1)CCS2(=O)=O. The number of sulfone groups is 1. The van der Waals surface area contributed by atoms with Gasteiger partial charge in [-0.25, -0.2) is 8.42 Å². The molecular formula is C16H20N2O3S. The van der Waals surface area contributed by atoms with Gasteiger partial charge < -0.3 is 10.2 Å². The first kappa shape index (κ1) is 14.2. The van der Waals surface area contributed by atoms with Crippen molar-refractivity contribution in [2.24, 2.45) is 5.41 Å². The van der Waals surface area contributed by atoms with Crippen LogP contribution >= 0.6 is 0 Å². The number of rotatable bonds is 1. The maximum atomic E-state index is 12.5. The van der Waals surface area contributed by atoms with E-state index >= 15 is 0 Å². The molecule has 5 nitrogen and oxygen atoms in total. The van der Waals surface area contributed by atoms with Crippen LogP contribution in [0.5, 0.6) is 0 Å². The fourth-order valence-corrected chi connectivity index (χ4v) is 5.55. The minimum absolute atomic E-state index is 0.105. The summed E-state index contributed by atoms with van der Waals surface area (Å²) in [5.74, 6) is 0.359. The van der Waals surface area contributed by atoms with Crippen molar-refractivity contribution in [1.29, 1.82) is 0 Å². The van der Waals surface area contributed by atoms with Crippen LogP contribution < -0.4 is 10.2 Å². The molecule has 0 unspecified atom stereocenters. The van der Waals surface area contributed by atoms with Gasteiger partial charge in [0.15, 0.2) is 9.84 Å². The van der Waals surface area contributed by atoms with Gasteiger partial charge >= 0.3 is 0 Å². The van der Waals surface area contributed by atoms with Crippen LogP contribution in [-0.4, -0.2) is 39.7 Å². The van der Waals surface area contributed by atoms with Crippen LogP contribution in [0, 0.1) is 5.41 Å². The fourth-order valence-electron chi connectivity index (χ4n) is 4.01. The van der Waals surface area contributed by atoms with Gasteiger partial charge in [0.05, 0.1) is 10.6 Å². The predicted molar refractivity (Wildman–Crippen MR) is 83.7 cm³/mol. The summed E-state index contributed by atoms with van der Waals surface area (Å²) in [4.78, 5) is 14.8. The van der Waals surface area contributed by atoms with Gasteiger partial charge in [0, 0.05) is 18.7 Å². The monoisotopic (exact) mass is 320 g/mol. The topological polar surface area (TPSA) is 66.5 Å². The van der Waals surface area contributed by atoms with Gasteiger partial charge in [-0.15, -0.1) is 0 Å². The van der Waals surface area contributed by atoms with Gasteiger partial charge in [0.1, 0.15) is 0 Å². The second-order valence-corrected chi connectivity index (χ2v) is 8.85. The lowest BCUT2D eigenvalue weighted by Crippen LogP contribution is -2.38. The van der Waals surface area contributed by atoms with Crippen LogP contribution in [-0.2, 0) is 21.1 Å². The van der Waals surface area contributed by atoms with E-state index in [-0.39, 0.29) is 17.1 Å². The van der Waals surface area contributed by atoms with E-state index in [9.17, 15) is 13.2 Å². The van der Waals surface area contributed by atoms with Crippen molar-refractivity contribution in [1.82, 2.24) is 5.32 Å². The number of nitrogens with one attached hydrogen (secondary N) is 1. The molecule has 3 aliphatic rings. The maximum Gasteiger partial charge on any atom is 0.227 e.